The zero-order valence-electron chi connectivity index (χ0n) is 32.2. The van der Waals surface area contributed by atoms with Gasteiger partial charge in [-0.25, -0.2) is 9.97 Å². The van der Waals surface area contributed by atoms with Crippen molar-refractivity contribution in [1.82, 2.24) is 19.9 Å². The van der Waals surface area contributed by atoms with Gasteiger partial charge in [0.25, 0.3) is 0 Å². The summed E-state index contributed by atoms with van der Waals surface area (Å²) >= 11 is 0. The van der Waals surface area contributed by atoms with Crippen LogP contribution in [0.15, 0.2) is 24.3 Å². The molecule has 0 aliphatic carbocycles. The molecule has 2 aliphatic rings. The summed E-state index contributed by atoms with van der Waals surface area (Å²) in [5.74, 6) is -2.63. The highest BCUT2D eigenvalue weighted by Gasteiger charge is 2.24. The lowest BCUT2D eigenvalue weighted by Gasteiger charge is -2.05. The molecule has 2 aliphatic heterocycles. The van der Waals surface area contributed by atoms with Gasteiger partial charge in [0, 0.05) is 47.8 Å². The first-order chi connectivity index (χ1) is 26.3. The Kier molecular flexibility index (Phi) is 12.7. The van der Waals surface area contributed by atoms with Crippen molar-refractivity contribution >= 4 is 74.2 Å². The van der Waals surface area contributed by atoms with Gasteiger partial charge in [-0.05, 0) is 115 Å². The fourth-order valence-electron chi connectivity index (χ4n) is 7.05. The Bertz CT molecular complexity index is 2290. The third kappa shape index (κ3) is 9.02. The number of carbonyl (C=O) groups is 5. The number of carboxylic acid groups (broad SMARTS) is 1. The monoisotopic (exact) mass is 754 g/mol. The number of ether oxygens (including phenoxy) is 4. The number of carbonyl (C=O) groups excluding carboxylic acids is 4. The second kappa shape index (κ2) is 17.4. The SMILES string of the molecule is COC(=O)CCC1=C(C)c2cc3[nH]c(cc4[nH]c(cc5nc(cc1n2)C(C)=C5CCC(=O)OC)c(C)c4CCC(=O)OC)c(CC(=O)O)c3CCC(=O)OC. The van der Waals surface area contributed by atoms with E-state index in [9.17, 15) is 29.1 Å². The summed E-state index contributed by atoms with van der Waals surface area (Å²) < 4.78 is 19.8. The number of nitrogens with zero attached hydrogens (tertiary/aromatic N) is 2. The third-order valence-electron chi connectivity index (χ3n) is 10.2. The number of rotatable bonds is 14. The molecule has 5 rings (SSSR count). The molecule has 3 aromatic heterocycles. The molecule has 0 fully saturated rings. The molecule has 3 N–H and O–H groups in total. The average Bonchev–Trinajstić information content (AvgIpc) is 3.83. The van der Waals surface area contributed by atoms with Crippen LogP contribution >= 0.6 is 0 Å². The van der Waals surface area contributed by atoms with E-state index in [1.165, 1.54) is 28.4 Å². The van der Waals surface area contributed by atoms with E-state index in [0.29, 0.717) is 75.2 Å². The number of aromatic nitrogens is 4. The molecule has 0 atom stereocenters. The van der Waals surface area contributed by atoms with Crippen LogP contribution in [0.3, 0.4) is 0 Å². The summed E-state index contributed by atoms with van der Waals surface area (Å²) in [6, 6.07) is 7.41. The van der Waals surface area contributed by atoms with E-state index in [1.54, 1.807) is 0 Å². The Labute approximate surface area is 318 Å². The summed E-state index contributed by atoms with van der Waals surface area (Å²) in [7, 11) is 5.31. The Morgan fingerprint density at radius 2 is 0.927 bits per heavy atom. The number of carboxylic acids is 1. The number of esters is 4. The van der Waals surface area contributed by atoms with E-state index in [2.05, 4.69) is 9.97 Å². The Hall–Kier alpha value is -6.05. The van der Waals surface area contributed by atoms with Gasteiger partial charge in [-0.2, -0.15) is 0 Å². The van der Waals surface area contributed by atoms with Gasteiger partial charge in [-0.15, -0.1) is 0 Å². The number of hydrogen-bond acceptors (Lipinski definition) is 11. The maximum Gasteiger partial charge on any atom is 0.307 e. The summed E-state index contributed by atoms with van der Waals surface area (Å²) in [5, 5.41) is 10.1. The van der Waals surface area contributed by atoms with Crippen LogP contribution in [0.2, 0.25) is 0 Å². The van der Waals surface area contributed by atoms with Gasteiger partial charge in [0.1, 0.15) is 0 Å². The molecule has 14 nitrogen and oxygen atoms in total. The minimum absolute atomic E-state index is 0.00549. The number of aliphatic carboxylic acids is 1. The van der Waals surface area contributed by atoms with Gasteiger partial charge in [0.05, 0.1) is 57.6 Å². The minimum Gasteiger partial charge on any atom is -0.481 e. The lowest BCUT2D eigenvalue weighted by Crippen LogP contribution is -2.05. The number of aromatic amines is 2. The molecule has 5 heterocycles. The summed E-state index contributed by atoms with van der Waals surface area (Å²) in [6.07, 6.45) is 1.21. The van der Waals surface area contributed by atoms with E-state index in [-0.39, 0.29) is 56.4 Å². The molecule has 0 saturated heterocycles. The maximum atomic E-state index is 12.4. The molecule has 0 unspecified atom stereocenters. The standard InChI is InChI=1S/C41H46N4O10/c1-21-24(8-12-38(48)52-4)32-18-30-23(3)26(10-14-40(50)54-6)34(44-30)20-36-28(16-37(46)47)27(11-15-41(51)55-7)35(45-36)19-31-22(2)25(9-13-39(49)53-5)33(43-31)17-29(21)42-32/h17-20,44-45H,8-16H2,1-7H3,(H,46,47). The molecule has 0 amide bonds. The quantitative estimate of drug-likeness (QED) is 0.124. The van der Waals surface area contributed by atoms with Crippen LogP contribution in [0.25, 0.3) is 44.4 Å². The highest BCUT2D eigenvalue weighted by atomic mass is 16.5. The topological polar surface area (TPSA) is 200 Å². The molecule has 0 saturated carbocycles. The first kappa shape index (κ1) is 40.1. The molecular weight excluding hydrogens is 708 g/mol. The number of fused-ring (bicyclic) bond motifs is 8. The van der Waals surface area contributed by atoms with Crippen molar-refractivity contribution in [2.24, 2.45) is 0 Å². The van der Waals surface area contributed by atoms with E-state index in [1.807, 2.05) is 45.0 Å². The molecule has 0 aromatic carbocycles. The highest BCUT2D eigenvalue weighted by Crippen LogP contribution is 2.38. The molecule has 55 heavy (non-hydrogen) atoms. The van der Waals surface area contributed by atoms with Crippen LogP contribution in [-0.2, 0) is 62.2 Å². The normalized spacial score (nSPS) is 12.5. The molecule has 3 aromatic rings. The van der Waals surface area contributed by atoms with Crippen molar-refractivity contribution in [1.29, 1.82) is 0 Å². The number of methoxy groups -OCH3 is 4. The maximum absolute atomic E-state index is 12.4. The number of nitrogens with one attached hydrogen (secondary N) is 2. The van der Waals surface area contributed by atoms with Crippen molar-refractivity contribution in [3.05, 3.63) is 69.3 Å². The predicted octanol–water partition coefficient (Wildman–Crippen LogP) is 6.23. The Morgan fingerprint density at radius 1 is 0.527 bits per heavy atom. The number of aryl methyl sites for hydroxylation is 3. The zero-order valence-corrected chi connectivity index (χ0v) is 32.2. The molecule has 8 bridgehead atoms. The van der Waals surface area contributed by atoms with Crippen LogP contribution in [0, 0.1) is 6.92 Å². The number of hydrogen-bond donors (Lipinski definition) is 3. The van der Waals surface area contributed by atoms with E-state index >= 15 is 0 Å². The van der Waals surface area contributed by atoms with Crippen molar-refractivity contribution < 1.29 is 48.0 Å². The van der Waals surface area contributed by atoms with E-state index < -0.39 is 11.9 Å². The van der Waals surface area contributed by atoms with Crippen LogP contribution in [0.1, 0.15) is 97.4 Å². The van der Waals surface area contributed by atoms with E-state index in [0.717, 1.165) is 33.4 Å². The zero-order chi connectivity index (χ0) is 40.0. The van der Waals surface area contributed by atoms with Crippen molar-refractivity contribution in [2.75, 3.05) is 28.4 Å². The second-order valence-corrected chi connectivity index (χ2v) is 13.4. The number of H-pyrrole nitrogens is 2. The first-order valence-corrected chi connectivity index (χ1v) is 17.9. The predicted molar refractivity (Wildman–Crippen MR) is 205 cm³/mol. The second-order valence-electron chi connectivity index (χ2n) is 13.4. The van der Waals surface area contributed by atoms with Gasteiger partial charge in [0.15, 0.2) is 0 Å². The lowest BCUT2D eigenvalue weighted by molar-refractivity contribution is -0.141. The number of allylic oxidation sites excluding steroid dienone is 4. The van der Waals surface area contributed by atoms with Crippen molar-refractivity contribution in [3.8, 4) is 0 Å². The third-order valence-corrected chi connectivity index (χ3v) is 10.2. The average molecular weight is 755 g/mol. The Morgan fingerprint density at radius 3 is 1.44 bits per heavy atom. The first-order valence-electron chi connectivity index (χ1n) is 17.9. The summed E-state index contributed by atoms with van der Waals surface area (Å²) in [6.45, 7) is 5.77. The minimum atomic E-state index is -1.06. The fraction of sp³-hybridized carbons (Fsp3) is 0.390. The molecule has 0 radical (unpaired) electrons. The molecule has 0 spiro atoms. The van der Waals surface area contributed by atoms with Gasteiger partial charge >= 0.3 is 29.8 Å². The van der Waals surface area contributed by atoms with Gasteiger partial charge in [0.2, 0.25) is 0 Å². The van der Waals surface area contributed by atoms with Crippen LogP contribution < -0.4 is 0 Å². The van der Waals surface area contributed by atoms with Crippen LogP contribution in [0.5, 0.6) is 0 Å². The fourth-order valence-corrected chi connectivity index (χ4v) is 7.05. The lowest BCUT2D eigenvalue weighted by atomic mass is 9.98. The van der Waals surface area contributed by atoms with E-state index in [4.69, 9.17) is 28.9 Å². The molecule has 14 heteroatoms. The van der Waals surface area contributed by atoms with Gasteiger partial charge in [-0.3, -0.25) is 24.0 Å². The van der Waals surface area contributed by atoms with Crippen molar-refractivity contribution in [3.63, 3.8) is 0 Å². The summed E-state index contributed by atoms with van der Waals surface area (Å²) in [4.78, 5) is 78.7. The molecular formula is C41H46N4O10. The molecule has 290 valence electrons. The van der Waals surface area contributed by atoms with Gasteiger partial charge in [-0.1, -0.05) is 0 Å². The van der Waals surface area contributed by atoms with Crippen LogP contribution in [0.4, 0.5) is 0 Å². The smallest absolute Gasteiger partial charge is 0.307 e. The Balaban J connectivity index is 1.93. The highest BCUT2D eigenvalue weighted by molar-refractivity contribution is 5.97. The summed E-state index contributed by atoms with van der Waals surface area (Å²) in [5.41, 5.74) is 10.9. The van der Waals surface area contributed by atoms with Crippen molar-refractivity contribution in [2.45, 2.75) is 78.6 Å². The van der Waals surface area contributed by atoms with Gasteiger partial charge < -0.3 is 34.0 Å². The largest absolute Gasteiger partial charge is 0.481 e. The van der Waals surface area contributed by atoms with Crippen LogP contribution in [-0.4, -0.2) is 83.3 Å².